The Labute approximate surface area is 117 Å². The third-order valence-electron chi connectivity index (χ3n) is 3.30. The Hall–Kier alpha value is -0.320. The molecule has 0 radical (unpaired) electrons. The van der Waals surface area contributed by atoms with Gasteiger partial charge in [0, 0.05) is 12.6 Å². The van der Waals surface area contributed by atoms with Gasteiger partial charge in [-0.05, 0) is 38.3 Å². The Morgan fingerprint density at radius 2 is 2.17 bits per heavy atom. The van der Waals surface area contributed by atoms with Gasteiger partial charge in [0.25, 0.3) is 0 Å². The predicted octanol–water partition coefficient (Wildman–Crippen LogP) is 1.38. The van der Waals surface area contributed by atoms with Crippen molar-refractivity contribution in [2.45, 2.75) is 45.6 Å². The molecule has 1 unspecified atom stereocenters. The zero-order valence-corrected chi connectivity index (χ0v) is 12.5. The molecule has 1 aliphatic rings. The molecule has 0 saturated carbocycles. The van der Waals surface area contributed by atoms with E-state index in [-0.39, 0.29) is 18.3 Å². The molecule has 3 N–H and O–H groups in total. The van der Waals surface area contributed by atoms with Gasteiger partial charge in [-0.15, -0.1) is 12.4 Å². The monoisotopic (exact) mass is 277 g/mol. The molecule has 0 aromatic carbocycles. The van der Waals surface area contributed by atoms with Crippen molar-refractivity contribution in [2.24, 2.45) is 11.7 Å². The molecule has 1 rings (SSSR count). The van der Waals surface area contributed by atoms with E-state index in [1.807, 2.05) is 0 Å². The second-order valence-electron chi connectivity index (χ2n) is 5.40. The molecular formula is C13H28ClN3O. The van der Waals surface area contributed by atoms with Gasteiger partial charge in [-0.2, -0.15) is 0 Å². The number of halogens is 1. The van der Waals surface area contributed by atoms with E-state index in [4.69, 9.17) is 5.73 Å². The molecule has 0 aromatic rings. The Balaban J connectivity index is 0.00000289. The second-order valence-corrected chi connectivity index (χ2v) is 5.40. The van der Waals surface area contributed by atoms with E-state index in [0.717, 1.165) is 26.1 Å². The summed E-state index contributed by atoms with van der Waals surface area (Å²) in [7, 11) is 0. The summed E-state index contributed by atoms with van der Waals surface area (Å²) in [6.45, 7) is 7.29. The van der Waals surface area contributed by atoms with Gasteiger partial charge >= 0.3 is 0 Å². The highest BCUT2D eigenvalue weighted by Gasteiger charge is 2.23. The zero-order chi connectivity index (χ0) is 12.7. The van der Waals surface area contributed by atoms with Crippen LogP contribution >= 0.6 is 12.4 Å². The lowest BCUT2D eigenvalue weighted by atomic mass is 9.99. The molecule has 0 aromatic heterocycles. The number of amides is 1. The Morgan fingerprint density at radius 1 is 1.44 bits per heavy atom. The van der Waals surface area contributed by atoms with Crippen molar-refractivity contribution < 1.29 is 4.79 Å². The fourth-order valence-corrected chi connectivity index (χ4v) is 2.35. The zero-order valence-electron chi connectivity index (χ0n) is 11.7. The SMILES string of the molecule is CC(C)CNC(=O)CN1CCCCC1CCN.Cl. The summed E-state index contributed by atoms with van der Waals surface area (Å²) in [5.74, 6) is 0.669. The Morgan fingerprint density at radius 3 is 2.78 bits per heavy atom. The summed E-state index contributed by atoms with van der Waals surface area (Å²) < 4.78 is 0. The van der Waals surface area contributed by atoms with Gasteiger partial charge < -0.3 is 11.1 Å². The summed E-state index contributed by atoms with van der Waals surface area (Å²) >= 11 is 0. The third-order valence-corrected chi connectivity index (χ3v) is 3.30. The molecule has 1 amide bonds. The molecule has 1 heterocycles. The maximum atomic E-state index is 11.8. The number of carbonyl (C=O) groups excluding carboxylic acids is 1. The van der Waals surface area contributed by atoms with Crippen molar-refractivity contribution in [3.63, 3.8) is 0 Å². The fourth-order valence-electron chi connectivity index (χ4n) is 2.35. The minimum absolute atomic E-state index is 0. The van der Waals surface area contributed by atoms with Crippen molar-refractivity contribution in [1.82, 2.24) is 10.2 Å². The van der Waals surface area contributed by atoms with E-state index < -0.39 is 0 Å². The van der Waals surface area contributed by atoms with E-state index in [9.17, 15) is 4.79 Å². The number of nitrogens with two attached hydrogens (primary N) is 1. The summed E-state index contributed by atoms with van der Waals surface area (Å²) in [5.41, 5.74) is 5.62. The van der Waals surface area contributed by atoms with Gasteiger partial charge in [-0.25, -0.2) is 0 Å². The van der Waals surface area contributed by atoms with Crippen LogP contribution in [0.3, 0.4) is 0 Å². The van der Waals surface area contributed by atoms with E-state index in [1.54, 1.807) is 0 Å². The lowest BCUT2D eigenvalue weighted by molar-refractivity contribution is -0.123. The van der Waals surface area contributed by atoms with Crippen LogP contribution in [0, 0.1) is 5.92 Å². The molecule has 1 saturated heterocycles. The van der Waals surface area contributed by atoms with Crippen molar-refractivity contribution in [1.29, 1.82) is 0 Å². The van der Waals surface area contributed by atoms with Crippen LogP contribution in [-0.4, -0.2) is 43.0 Å². The molecule has 1 aliphatic heterocycles. The van der Waals surface area contributed by atoms with E-state index in [2.05, 4.69) is 24.1 Å². The normalized spacial score (nSPS) is 20.6. The van der Waals surface area contributed by atoms with E-state index in [1.165, 1.54) is 19.3 Å². The largest absolute Gasteiger partial charge is 0.355 e. The first kappa shape index (κ1) is 17.7. The van der Waals surface area contributed by atoms with E-state index >= 15 is 0 Å². The highest BCUT2D eigenvalue weighted by molar-refractivity contribution is 5.85. The van der Waals surface area contributed by atoms with Crippen LogP contribution < -0.4 is 11.1 Å². The summed E-state index contributed by atoms with van der Waals surface area (Å²) in [6.07, 6.45) is 4.68. The van der Waals surface area contributed by atoms with Gasteiger partial charge in [-0.3, -0.25) is 9.69 Å². The van der Waals surface area contributed by atoms with Crippen molar-refractivity contribution in [3.8, 4) is 0 Å². The summed E-state index contributed by atoms with van der Waals surface area (Å²) in [6, 6.07) is 0.513. The number of nitrogens with zero attached hydrogens (tertiary/aromatic N) is 1. The highest BCUT2D eigenvalue weighted by Crippen LogP contribution is 2.18. The van der Waals surface area contributed by atoms with Crippen LogP contribution in [0.4, 0.5) is 0 Å². The van der Waals surface area contributed by atoms with Crippen LogP contribution in [0.25, 0.3) is 0 Å². The Bertz CT molecular complexity index is 234. The van der Waals surface area contributed by atoms with Crippen molar-refractivity contribution in [3.05, 3.63) is 0 Å². The maximum absolute atomic E-state index is 11.8. The predicted molar refractivity (Wildman–Crippen MR) is 78.0 cm³/mol. The maximum Gasteiger partial charge on any atom is 0.234 e. The molecule has 4 nitrogen and oxygen atoms in total. The lowest BCUT2D eigenvalue weighted by Gasteiger charge is -2.35. The van der Waals surface area contributed by atoms with Crippen LogP contribution in [0.15, 0.2) is 0 Å². The first-order valence-electron chi connectivity index (χ1n) is 6.84. The molecule has 108 valence electrons. The van der Waals surface area contributed by atoms with Gasteiger partial charge in [0.15, 0.2) is 0 Å². The lowest BCUT2D eigenvalue weighted by Crippen LogP contribution is -2.46. The second kappa shape index (κ2) is 9.59. The molecule has 1 atom stereocenters. The van der Waals surface area contributed by atoms with Crippen LogP contribution in [0.5, 0.6) is 0 Å². The van der Waals surface area contributed by atoms with Crippen LogP contribution in [0.2, 0.25) is 0 Å². The van der Waals surface area contributed by atoms with Crippen LogP contribution in [0.1, 0.15) is 39.5 Å². The standard InChI is InChI=1S/C13H27N3O.ClH/c1-11(2)9-15-13(17)10-16-8-4-3-5-12(16)6-7-14;/h11-12H,3-10,14H2,1-2H3,(H,15,17);1H. The quantitative estimate of drug-likeness (QED) is 0.771. The number of rotatable bonds is 6. The molecule has 18 heavy (non-hydrogen) atoms. The third kappa shape index (κ3) is 6.57. The van der Waals surface area contributed by atoms with E-state index in [0.29, 0.717) is 18.5 Å². The Kier molecular flexibility index (Phi) is 9.42. The number of carbonyl (C=O) groups is 1. The first-order chi connectivity index (χ1) is 8.13. The molecule has 0 bridgehead atoms. The minimum Gasteiger partial charge on any atom is -0.355 e. The molecule has 5 heteroatoms. The topological polar surface area (TPSA) is 58.4 Å². The highest BCUT2D eigenvalue weighted by atomic mass is 35.5. The summed E-state index contributed by atoms with van der Waals surface area (Å²) in [5, 5.41) is 2.98. The number of likely N-dealkylation sites (tertiary alicyclic amines) is 1. The molecule has 1 fully saturated rings. The number of nitrogens with one attached hydrogen (secondary N) is 1. The van der Waals surface area contributed by atoms with Crippen molar-refractivity contribution in [2.75, 3.05) is 26.2 Å². The average molecular weight is 278 g/mol. The van der Waals surface area contributed by atoms with Gasteiger partial charge in [0.2, 0.25) is 5.91 Å². The minimum atomic E-state index is 0. The summed E-state index contributed by atoms with van der Waals surface area (Å²) in [4.78, 5) is 14.1. The van der Waals surface area contributed by atoms with Gasteiger partial charge in [-0.1, -0.05) is 20.3 Å². The first-order valence-corrected chi connectivity index (χ1v) is 6.84. The van der Waals surface area contributed by atoms with Crippen molar-refractivity contribution >= 4 is 18.3 Å². The van der Waals surface area contributed by atoms with Gasteiger partial charge in [0.1, 0.15) is 0 Å². The fraction of sp³-hybridized carbons (Fsp3) is 0.923. The molecule has 0 aliphatic carbocycles. The number of hydrogen-bond acceptors (Lipinski definition) is 3. The van der Waals surface area contributed by atoms with Crippen LogP contribution in [-0.2, 0) is 4.79 Å². The number of piperidine rings is 1. The van der Waals surface area contributed by atoms with Gasteiger partial charge in [0.05, 0.1) is 6.54 Å². The molecule has 0 spiro atoms. The number of hydrogen-bond donors (Lipinski definition) is 2. The average Bonchev–Trinajstić information content (AvgIpc) is 2.29. The smallest absolute Gasteiger partial charge is 0.234 e. The molecular weight excluding hydrogens is 250 g/mol.